The Balaban J connectivity index is 3.20. The topological polar surface area (TPSA) is 58.6 Å². The molecular formula is C14H22ClNO3. The van der Waals surface area contributed by atoms with Crippen LogP contribution in [0.1, 0.15) is 27.7 Å². The van der Waals surface area contributed by atoms with E-state index < -0.39 is 11.0 Å². The summed E-state index contributed by atoms with van der Waals surface area (Å²) in [5, 5.41) is 12.6. The van der Waals surface area contributed by atoms with Crippen molar-refractivity contribution in [2.45, 2.75) is 38.7 Å². The van der Waals surface area contributed by atoms with E-state index >= 15 is 0 Å². The first-order valence-electron chi connectivity index (χ1n) is 6.59. The molecule has 0 heterocycles. The molecule has 4 nitrogen and oxygen atoms in total. The van der Waals surface area contributed by atoms with Crippen LogP contribution in [-0.2, 0) is 9.53 Å². The summed E-state index contributed by atoms with van der Waals surface area (Å²) in [6.45, 7) is 8.16. The predicted octanol–water partition coefficient (Wildman–Crippen LogP) is 1.98. The van der Waals surface area contributed by atoms with Crippen LogP contribution >= 0.6 is 11.6 Å². The molecule has 1 aliphatic rings. The smallest absolute Gasteiger partial charge is 0.251 e. The van der Waals surface area contributed by atoms with Crippen molar-refractivity contribution in [1.82, 2.24) is 5.32 Å². The molecule has 0 saturated carbocycles. The van der Waals surface area contributed by atoms with Crippen molar-refractivity contribution in [2.75, 3.05) is 13.2 Å². The molecule has 0 aromatic heterocycles. The van der Waals surface area contributed by atoms with Crippen LogP contribution in [0.25, 0.3) is 0 Å². The van der Waals surface area contributed by atoms with Gasteiger partial charge in [0.15, 0.2) is 0 Å². The average Bonchev–Trinajstić information content (AvgIpc) is 2.34. The number of hydrogen-bond donors (Lipinski definition) is 2. The van der Waals surface area contributed by atoms with Gasteiger partial charge in [-0.25, -0.2) is 0 Å². The van der Waals surface area contributed by atoms with Gasteiger partial charge < -0.3 is 15.2 Å². The Kier molecular flexibility index (Phi) is 5.44. The van der Waals surface area contributed by atoms with Gasteiger partial charge in [-0.2, -0.15) is 0 Å². The van der Waals surface area contributed by atoms with Crippen molar-refractivity contribution in [1.29, 1.82) is 0 Å². The number of alkyl halides is 1. The Morgan fingerprint density at radius 3 is 2.74 bits per heavy atom. The third-order valence-electron chi connectivity index (χ3n) is 3.37. The second-order valence-electron chi connectivity index (χ2n) is 4.63. The van der Waals surface area contributed by atoms with Crippen molar-refractivity contribution in [3.05, 3.63) is 23.5 Å². The van der Waals surface area contributed by atoms with E-state index in [0.717, 1.165) is 0 Å². The molecule has 0 radical (unpaired) electrons. The molecule has 0 fully saturated rings. The van der Waals surface area contributed by atoms with E-state index in [1.807, 2.05) is 20.8 Å². The number of nitrogens with one attached hydrogen (secondary N) is 1. The van der Waals surface area contributed by atoms with Gasteiger partial charge in [0.25, 0.3) is 5.91 Å². The number of carbonyl (C=O) groups excluding carboxylic acids is 1. The van der Waals surface area contributed by atoms with Crippen molar-refractivity contribution in [3.63, 3.8) is 0 Å². The number of aliphatic hydroxyl groups is 1. The number of hydrogen-bond acceptors (Lipinski definition) is 3. The van der Waals surface area contributed by atoms with E-state index in [1.165, 1.54) is 0 Å². The SMILES string of the molecule is CCNC(=O)C1=C(OCC)C=CC(Cl)(C(C)O)C1C. The largest absolute Gasteiger partial charge is 0.493 e. The molecule has 3 unspecified atom stereocenters. The molecule has 1 rings (SSSR count). The van der Waals surface area contributed by atoms with Crippen molar-refractivity contribution in [2.24, 2.45) is 5.92 Å². The second-order valence-corrected chi connectivity index (χ2v) is 5.28. The van der Waals surface area contributed by atoms with Gasteiger partial charge in [0, 0.05) is 12.5 Å². The average molecular weight is 288 g/mol. The quantitative estimate of drug-likeness (QED) is 0.760. The predicted molar refractivity (Wildman–Crippen MR) is 75.9 cm³/mol. The lowest BCUT2D eigenvalue weighted by molar-refractivity contribution is -0.118. The molecule has 5 heteroatoms. The van der Waals surface area contributed by atoms with Crippen LogP contribution in [0, 0.1) is 5.92 Å². The maximum absolute atomic E-state index is 12.2. The van der Waals surface area contributed by atoms with Gasteiger partial charge in [0.1, 0.15) is 5.76 Å². The third-order valence-corrected chi connectivity index (χ3v) is 4.14. The fourth-order valence-corrected chi connectivity index (χ4v) is 2.39. The minimum atomic E-state index is -0.985. The van der Waals surface area contributed by atoms with E-state index in [2.05, 4.69) is 5.32 Å². The molecular weight excluding hydrogens is 266 g/mol. The summed E-state index contributed by atoms with van der Waals surface area (Å²) < 4.78 is 5.50. The second kappa shape index (κ2) is 6.44. The third kappa shape index (κ3) is 3.12. The van der Waals surface area contributed by atoms with Crippen LogP contribution in [0.4, 0.5) is 0 Å². The monoisotopic (exact) mass is 287 g/mol. The van der Waals surface area contributed by atoms with Crippen molar-refractivity contribution in [3.8, 4) is 0 Å². The summed E-state index contributed by atoms with van der Waals surface area (Å²) >= 11 is 6.46. The fourth-order valence-electron chi connectivity index (χ4n) is 2.22. The summed E-state index contributed by atoms with van der Waals surface area (Å²) in [4.78, 5) is 11.2. The molecule has 0 bridgehead atoms. The standard InChI is InChI=1S/C14H22ClNO3/c1-5-16-13(18)12-9(3)14(15,10(4)17)8-7-11(12)19-6-2/h7-10,17H,5-6H2,1-4H3,(H,16,18). The van der Waals surface area contributed by atoms with Crippen molar-refractivity contribution < 1.29 is 14.6 Å². The molecule has 2 N–H and O–H groups in total. The van der Waals surface area contributed by atoms with E-state index in [-0.39, 0.29) is 11.8 Å². The molecule has 0 aliphatic heterocycles. The zero-order chi connectivity index (χ0) is 14.6. The number of allylic oxidation sites excluding steroid dienone is 1. The van der Waals surface area contributed by atoms with Gasteiger partial charge in [-0.1, -0.05) is 13.0 Å². The molecule has 3 atom stereocenters. The maximum atomic E-state index is 12.2. The first kappa shape index (κ1) is 16.1. The van der Waals surface area contributed by atoms with Gasteiger partial charge in [-0.15, -0.1) is 11.6 Å². The van der Waals surface area contributed by atoms with Gasteiger partial charge in [-0.05, 0) is 26.8 Å². The number of carbonyl (C=O) groups is 1. The first-order valence-corrected chi connectivity index (χ1v) is 6.97. The molecule has 1 aliphatic carbocycles. The Bertz CT molecular complexity index is 403. The van der Waals surface area contributed by atoms with E-state index in [9.17, 15) is 9.90 Å². The zero-order valence-corrected chi connectivity index (χ0v) is 12.6. The van der Waals surface area contributed by atoms with Crippen LogP contribution in [0.5, 0.6) is 0 Å². The highest BCUT2D eigenvalue weighted by Gasteiger charge is 2.43. The summed E-state index contributed by atoms with van der Waals surface area (Å²) in [7, 11) is 0. The van der Waals surface area contributed by atoms with E-state index in [4.69, 9.17) is 16.3 Å². The van der Waals surface area contributed by atoms with Crippen LogP contribution in [0.3, 0.4) is 0 Å². The summed E-state index contributed by atoms with van der Waals surface area (Å²) in [6.07, 6.45) is 2.61. The molecule has 0 spiro atoms. The normalized spacial score (nSPS) is 28.2. The molecule has 0 aromatic carbocycles. The highest BCUT2D eigenvalue weighted by Crippen LogP contribution is 2.40. The van der Waals surface area contributed by atoms with Crippen LogP contribution in [0.15, 0.2) is 23.5 Å². The Morgan fingerprint density at radius 2 is 2.26 bits per heavy atom. The number of likely N-dealkylation sites (N-methyl/N-ethyl adjacent to an activating group) is 1. The highest BCUT2D eigenvalue weighted by atomic mass is 35.5. The number of amides is 1. The van der Waals surface area contributed by atoms with E-state index in [0.29, 0.717) is 24.5 Å². The van der Waals surface area contributed by atoms with Gasteiger partial charge in [0.05, 0.1) is 23.2 Å². The number of ether oxygens (including phenoxy) is 1. The first-order chi connectivity index (χ1) is 8.88. The highest BCUT2D eigenvalue weighted by molar-refractivity contribution is 6.26. The number of halogens is 1. The maximum Gasteiger partial charge on any atom is 0.251 e. The molecule has 19 heavy (non-hydrogen) atoms. The Morgan fingerprint density at radius 1 is 1.63 bits per heavy atom. The van der Waals surface area contributed by atoms with Crippen LogP contribution in [0.2, 0.25) is 0 Å². The molecule has 108 valence electrons. The van der Waals surface area contributed by atoms with Gasteiger partial charge >= 0.3 is 0 Å². The summed E-state index contributed by atoms with van der Waals surface area (Å²) in [6, 6.07) is 0. The number of rotatable bonds is 5. The molecule has 1 amide bonds. The van der Waals surface area contributed by atoms with Crippen LogP contribution in [-0.4, -0.2) is 35.1 Å². The lowest BCUT2D eigenvalue weighted by Crippen LogP contribution is -2.45. The van der Waals surface area contributed by atoms with Crippen molar-refractivity contribution >= 4 is 17.5 Å². The van der Waals surface area contributed by atoms with Gasteiger partial charge in [-0.3, -0.25) is 4.79 Å². The minimum Gasteiger partial charge on any atom is -0.493 e. The number of aliphatic hydroxyl groups excluding tert-OH is 1. The lowest BCUT2D eigenvalue weighted by atomic mass is 9.78. The molecule has 0 saturated heterocycles. The van der Waals surface area contributed by atoms with Crippen LogP contribution < -0.4 is 5.32 Å². The fraction of sp³-hybridized carbons (Fsp3) is 0.643. The molecule has 0 aromatic rings. The Labute approximate surface area is 119 Å². The summed E-state index contributed by atoms with van der Waals surface area (Å²) in [5.41, 5.74) is 0.488. The van der Waals surface area contributed by atoms with E-state index in [1.54, 1.807) is 19.1 Å². The Hall–Kier alpha value is -1.00. The minimum absolute atomic E-state index is 0.200. The van der Waals surface area contributed by atoms with Gasteiger partial charge in [0.2, 0.25) is 0 Å². The zero-order valence-electron chi connectivity index (χ0n) is 11.9. The lowest BCUT2D eigenvalue weighted by Gasteiger charge is -2.37. The summed E-state index contributed by atoms with van der Waals surface area (Å²) in [5.74, 6) is -0.0152.